The fraction of sp³-hybridized carbons (Fsp3) is 0.900. The molecule has 0 radical (unpaired) electrons. The Morgan fingerprint density at radius 2 is 1.87 bits per heavy atom. The van der Waals surface area contributed by atoms with E-state index in [-0.39, 0.29) is 11.6 Å². The van der Waals surface area contributed by atoms with Crippen molar-refractivity contribution in [1.82, 2.24) is 0 Å². The Hall–Kier alpha value is 0.390. The number of hydrogen-bond donors (Lipinski definition) is 1. The maximum Gasteiger partial charge on any atom is 0.331 e. The summed E-state index contributed by atoms with van der Waals surface area (Å²) in [4.78, 5) is 11.6. The number of quaternary nitrogens is 1. The van der Waals surface area contributed by atoms with Gasteiger partial charge in [-0.3, -0.25) is 0 Å². The van der Waals surface area contributed by atoms with Crippen LogP contribution < -0.4 is 5.32 Å². The van der Waals surface area contributed by atoms with E-state index < -0.39 is 3.74 Å². The Bertz CT molecular complexity index is 225. The highest BCUT2D eigenvalue weighted by Crippen LogP contribution is 2.31. The standard InChI is InChI=1S/C10H17Br2NO2/c1-7(2)10(3-5-13-6-4-10)15-9(14)8(11)12/h7-8,13H,3-6H2,1-2H3/p+1. The third-order valence-electron chi connectivity index (χ3n) is 3.08. The first kappa shape index (κ1) is 13.5. The smallest absolute Gasteiger partial charge is 0.331 e. The summed E-state index contributed by atoms with van der Waals surface area (Å²) in [5.74, 6) is 0.152. The molecule has 3 nitrogen and oxygen atoms in total. The molecule has 0 unspecified atom stereocenters. The molecule has 0 aromatic rings. The molecular weight excluding hydrogens is 326 g/mol. The van der Waals surface area contributed by atoms with E-state index in [1.807, 2.05) is 0 Å². The van der Waals surface area contributed by atoms with Crippen LogP contribution in [0.3, 0.4) is 0 Å². The monoisotopic (exact) mass is 342 g/mol. The van der Waals surface area contributed by atoms with Crippen molar-refractivity contribution in [3.8, 4) is 0 Å². The zero-order valence-electron chi connectivity index (χ0n) is 9.13. The molecule has 1 rings (SSSR count). The van der Waals surface area contributed by atoms with Crippen LogP contribution in [0.4, 0.5) is 0 Å². The predicted octanol–water partition coefficient (Wildman–Crippen LogP) is 1.40. The lowest BCUT2D eigenvalue weighted by Gasteiger charge is -2.39. The van der Waals surface area contributed by atoms with Gasteiger partial charge in [-0.05, 0) is 5.92 Å². The minimum Gasteiger partial charge on any atom is -0.457 e. The maximum absolute atomic E-state index is 11.6. The van der Waals surface area contributed by atoms with Crippen LogP contribution in [0.5, 0.6) is 0 Å². The van der Waals surface area contributed by atoms with Gasteiger partial charge in [-0.15, -0.1) is 0 Å². The molecule has 1 fully saturated rings. The summed E-state index contributed by atoms with van der Waals surface area (Å²) in [5.41, 5.74) is -0.258. The van der Waals surface area contributed by atoms with E-state index in [0.29, 0.717) is 5.92 Å². The van der Waals surface area contributed by atoms with Crippen molar-refractivity contribution in [2.75, 3.05) is 13.1 Å². The Morgan fingerprint density at radius 3 is 2.27 bits per heavy atom. The molecule has 1 saturated heterocycles. The summed E-state index contributed by atoms with van der Waals surface area (Å²) in [7, 11) is 0. The SMILES string of the molecule is CC(C)C1(OC(=O)C(Br)Br)CC[NH2+]CC1. The summed E-state index contributed by atoms with van der Waals surface area (Å²) < 4.78 is 5.25. The van der Waals surface area contributed by atoms with Crippen LogP contribution in [-0.4, -0.2) is 28.4 Å². The zero-order valence-corrected chi connectivity index (χ0v) is 12.3. The third kappa shape index (κ3) is 3.43. The van der Waals surface area contributed by atoms with E-state index in [9.17, 15) is 4.79 Å². The van der Waals surface area contributed by atoms with Crippen LogP contribution in [0.25, 0.3) is 0 Å². The molecule has 1 aliphatic rings. The first-order valence-corrected chi connectivity index (χ1v) is 7.14. The Morgan fingerprint density at radius 1 is 1.33 bits per heavy atom. The molecule has 1 aliphatic heterocycles. The Balaban J connectivity index is 2.68. The minimum absolute atomic E-state index is 0.217. The number of carbonyl (C=O) groups excluding carboxylic acids is 1. The number of ether oxygens (including phenoxy) is 1. The van der Waals surface area contributed by atoms with Gasteiger partial charge in [0.2, 0.25) is 0 Å². The minimum atomic E-state index is -0.397. The lowest BCUT2D eigenvalue weighted by molar-refractivity contribution is -0.668. The van der Waals surface area contributed by atoms with Crippen molar-refractivity contribution in [2.24, 2.45) is 5.92 Å². The Kier molecular flexibility index (Phi) is 5.06. The van der Waals surface area contributed by atoms with E-state index in [1.165, 1.54) is 0 Å². The number of alkyl halides is 2. The van der Waals surface area contributed by atoms with Gasteiger partial charge in [-0.2, -0.15) is 0 Å². The fourth-order valence-electron chi connectivity index (χ4n) is 2.00. The number of nitrogens with two attached hydrogens (primary N) is 1. The third-order valence-corrected chi connectivity index (χ3v) is 3.83. The quantitative estimate of drug-likeness (QED) is 0.621. The molecule has 0 bridgehead atoms. The lowest BCUT2D eigenvalue weighted by Crippen LogP contribution is -2.88. The summed E-state index contributed by atoms with van der Waals surface area (Å²) >= 11 is 6.35. The van der Waals surface area contributed by atoms with Crippen LogP contribution in [0, 0.1) is 5.92 Å². The van der Waals surface area contributed by atoms with E-state index in [4.69, 9.17) is 4.74 Å². The zero-order chi connectivity index (χ0) is 11.5. The van der Waals surface area contributed by atoms with Gasteiger partial charge >= 0.3 is 5.97 Å². The molecule has 0 aliphatic carbocycles. The van der Waals surface area contributed by atoms with Gasteiger partial charge in [-0.25, -0.2) is 4.79 Å². The van der Waals surface area contributed by atoms with Crippen molar-refractivity contribution < 1.29 is 14.8 Å². The number of carbonyl (C=O) groups is 1. The van der Waals surface area contributed by atoms with E-state index in [1.54, 1.807) is 0 Å². The topological polar surface area (TPSA) is 42.9 Å². The highest BCUT2D eigenvalue weighted by atomic mass is 79.9. The molecule has 0 atom stereocenters. The number of hydrogen-bond acceptors (Lipinski definition) is 2. The second-order valence-corrected chi connectivity index (χ2v) is 7.37. The van der Waals surface area contributed by atoms with Crippen molar-refractivity contribution in [1.29, 1.82) is 0 Å². The molecule has 15 heavy (non-hydrogen) atoms. The molecule has 0 saturated carbocycles. The molecular formula is C10H18Br2NO2+. The van der Waals surface area contributed by atoms with Gasteiger partial charge in [0.15, 0.2) is 3.74 Å². The normalized spacial score (nSPS) is 20.7. The predicted molar refractivity (Wildman–Crippen MR) is 66.2 cm³/mol. The molecule has 88 valence electrons. The summed E-state index contributed by atoms with van der Waals surface area (Å²) in [5, 5.41) is 2.27. The van der Waals surface area contributed by atoms with Crippen LogP contribution in [0.2, 0.25) is 0 Å². The van der Waals surface area contributed by atoms with Gasteiger partial charge in [0.1, 0.15) is 5.60 Å². The second-order valence-electron chi connectivity index (χ2n) is 4.31. The van der Waals surface area contributed by atoms with Crippen molar-refractivity contribution in [2.45, 2.75) is 36.0 Å². The van der Waals surface area contributed by atoms with E-state index in [2.05, 4.69) is 51.0 Å². The molecule has 1 heterocycles. The molecule has 0 aromatic carbocycles. The first-order chi connectivity index (χ1) is 6.98. The van der Waals surface area contributed by atoms with Gasteiger partial charge in [0.25, 0.3) is 0 Å². The average molecular weight is 344 g/mol. The van der Waals surface area contributed by atoms with E-state index in [0.717, 1.165) is 25.9 Å². The fourth-order valence-corrected chi connectivity index (χ4v) is 2.19. The van der Waals surface area contributed by atoms with E-state index >= 15 is 0 Å². The van der Waals surface area contributed by atoms with Gasteiger partial charge < -0.3 is 10.1 Å². The number of halogens is 2. The lowest BCUT2D eigenvalue weighted by atomic mass is 9.82. The largest absolute Gasteiger partial charge is 0.457 e. The first-order valence-electron chi connectivity index (χ1n) is 5.30. The molecule has 2 N–H and O–H groups in total. The highest BCUT2D eigenvalue weighted by molar-refractivity contribution is 9.25. The number of piperidine rings is 1. The maximum atomic E-state index is 11.6. The van der Waals surface area contributed by atoms with Crippen LogP contribution in [0.1, 0.15) is 26.7 Å². The summed E-state index contributed by atoms with van der Waals surface area (Å²) in [6.45, 7) is 6.33. The summed E-state index contributed by atoms with van der Waals surface area (Å²) in [6, 6.07) is 0. The number of esters is 1. The van der Waals surface area contributed by atoms with Crippen molar-refractivity contribution in [3.05, 3.63) is 0 Å². The molecule has 0 aromatic heterocycles. The van der Waals surface area contributed by atoms with Crippen molar-refractivity contribution >= 4 is 37.8 Å². The second kappa shape index (κ2) is 5.64. The van der Waals surface area contributed by atoms with Gasteiger partial charge in [0, 0.05) is 12.8 Å². The molecule has 5 heteroatoms. The molecule has 0 spiro atoms. The average Bonchev–Trinajstić information content (AvgIpc) is 2.18. The number of rotatable bonds is 3. The van der Waals surface area contributed by atoms with Crippen LogP contribution >= 0.6 is 31.9 Å². The van der Waals surface area contributed by atoms with Crippen molar-refractivity contribution in [3.63, 3.8) is 0 Å². The van der Waals surface area contributed by atoms with Crippen LogP contribution in [0.15, 0.2) is 0 Å². The van der Waals surface area contributed by atoms with Gasteiger partial charge in [0.05, 0.1) is 13.1 Å². The van der Waals surface area contributed by atoms with Crippen LogP contribution in [-0.2, 0) is 9.53 Å². The van der Waals surface area contributed by atoms with Gasteiger partial charge in [-0.1, -0.05) is 45.7 Å². The Labute approximate surface area is 108 Å². The summed E-state index contributed by atoms with van der Waals surface area (Å²) in [6.07, 6.45) is 1.90. The highest BCUT2D eigenvalue weighted by Gasteiger charge is 2.41. The molecule has 0 amide bonds.